The molecule has 3 nitrogen and oxygen atoms in total. The van der Waals surface area contributed by atoms with Gasteiger partial charge in [-0.2, -0.15) is 0 Å². The molecule has 0 bridgehead atoms. The first-order chi connectivity index (χ1) is 13.3. The molecule has 0 atom stereocenters. The van der Waals surface area contributed by atoms with Crippen LogP contribution in [0.2, 0.25) is 0 Å². The summed E-state index contributed by atoms with van der Waals surface area (Å²) in [6.07, 6.45) is 16.7. The van der Waals surface area contributed by atoms with Gasteiger partial charge in [-0.1, -0.05) is 0 Å². The van der Waals surface area contributed by atoms with Gasteiger partial charge in [-0.3, -0.25) is 0 Å². The SMILES string of the molecule is O=S(=O)(OB[PH](C1CCCCC1)(C1CCCCC1)C1CCCCC1)C(F)(F)F. The summed E-state index contributed by atoms with van der Waals surface area (Å²) in [7, 11) is -8.03. The van der Waals surface area contributed by atoms with Crippen molar-refractivity contribution in [3.8, 4) is 0 Å². The topological polar surface area (TPSA) is 43.4 Å². The van der Waals surface area contributed by atoms with E-state index in [-0.39, 0.29) is 7.20 Å². The standard InChI is InChI=1S/C19H35BF3O3PS/c21-19(22,23)28(24,25)26-20-27(16-10-4-1-5-11-16,17-12-6-2-7-13-17)18-14-8-3-9-15-18/h16-18,20,27H,1-15H2. The Morgan fingerprint density at radius 1 is 0.679 bits per heavy atom. The zero-order chi connectivity index (χ0) is 20.3. The molecule has 3 fully saturated rings. The summed E-state index contributed by atoms with van der Waals surface area (Å²) in [6.45, 7) is 0. The Hall–Kier alpha value is 0.195. The van der Waals surface area contributed by atoms with E-state index in [9.17, 15) is 21.6 Å². The van der Waals surface area contributed by atoms with Gasteiger partial charge < -0.3 is 0 Å². The molecule has 9 heteroatoms. The number of rotatable bonds is 6. The van der Waals surface area contributed by atoms with Crippen LogP contribution in [0.1, 0.15) is 96.3 Å². The van der Waals surface area contributed by atoms with Crippen molar-refractivity contribution in [2.45, 2.75) is 119 Å². The Morgan fingerprint density at radius 3 is 1.29 bits per heavy atom. The molecule has 3 rings (SSSR count). The van der Waals surface area contributed by atoms with Crippen LogP contribution in [0.5, 0.6) is 0 Å². The Morgan fingerprint density at radius 2 is 1.00 bits per heavy atom. The van der Waals surface area contributed by atoms with Gasteiger partial charge in [0, 0.05) is 0 Å². The van der Waals surface area contributed by atoms with Crippen LogP contribution >= 0.6 is 7.14 Å². The second-order valence-electron chi connectivity index (χ2n) is 9.28. The minimum atomic E-state index is -5.51. The number of alkyl halides is 3. The monoisotopic (exact) mass is 442 g/mol. The predicted molar refractivity (Wildman–Crippen MR) is 112 cm³/mol. The van der Waals surface area contributed by atoms with Gasteiger partial charge in [0.25, 0.3) is 0 Å². The van der Waals surface area contributed by atoms with E-state index in [1.165, 1.54) is 19.3 Å². The predicted octanol–water partition coefficient (Wildman–Crippen LogP) is 5.87. The molecule has 0 N–H and O–H groups in total. The van der Waals surface area contributed by atoms with Crippen molar-refractivity contribution in [1.82, 2.24) is 0 Å². The average molecular weight is 442 g/mol. The van der Waals surface area contributed by atoms with Crippen molar-refractivity contribution in [2.75, 3.05) is 0 Å². The molecule has 3 saturated carbocycles. The third-order valence-corrected chi connectivity index (χ3v) is 16.0. The fourth-order valence-electron chi connectivity index (χ4n) is 6.52. The van der Waals surface area contributed by atoms with Crippen molar-refractivity contribution < 1.29 is 25.7 Å². The van der Waals surface area contributed by atoms with E-state index in [4.69, 9.17) is 4.10 Å². The summed E-state index contributed by atoms with van der Waals surface area (Å²) < 4.78 is 67.7. The molecule has 0 spiro atoms. The molecule has 0 aromatic rings. The molecule has 0 heterocycles. The molecule has 164 valence electrons. The van der Waals surface area contributed by atoms with E-state index < -0.39 is 22.8 Å². The summed E-state index contributed by atoms with van der Waals surface area (Å²) in [6, 6.07) is 0. The van der Waals surface area contributed by atoms with Crippen molar-refractivity contribution in [2.24, 2.45) is 0 Å². The van der Waals surface area contributed by atoms with Gasteiger partial charge in [0.1, 0.15) is 0 Å². The van der Waals surface area contributed by atoms with Crippen LogP contribution in [0, 0.1) is 0 Å². The Bertz CT molecular complexity index is 550. The van der Waals surface area contributed by atoms with E-state index in [0.717, 1.165) is 77.0 Å². The first kappa shape index (κ1) is 22.9. The van der Waals surface area contributed by atoms with E-state index in [0.29, 0.717) is 17.0 Å². The molecule has 0 unspecified atom stereocenters. The first-order valence-corrected chi connectivity index (χ1v) is 15.1. The Kier molecular flexibility index (Phi) is 7.80. The van der Waals surface area contributed by atoms with Gasteiger partial charge >= 0.3 is 169 Å². The van der Waals surface area contributed by atoms with Gasteiger partial charge in [0.05, 0.1) is 0 Å². The summed E-state index contributed by atoms with van der Waals surface area (Å²) in [4.78, 5) is 0. The number of halogens is 3. The van der Waals surface area contributed by atoms with Crippen LogP contribution in [0.15, 0.2) is 0 Å². The molecule has 0 saturated heterocycles. The minimum absolute atomic E-state index is 0.130. The van der Waals surface area contributed by atoms with Crippen molar-refractivity contribution >= 4 is 24.5 Å². The average Bonchev–Trinajstić information content (AvgIpc) is 2.70. The van der Waals surface area contributed by atoms with Crippen molar-refractivity contribution in [3.63, 3.8) is 0 Å². The summed E-state index contributed by atoms with van der Waals surface area (Å²) >= 11 is 0. The maximum atomic E-state index is 13.0. The normalized spacial score (nSPS) is 25.5. The van der Waals surface area contributed by atoms with E-state index >= 15 is 0 Å². The summed E-state index contributed by atoms with van der Waals surface area (Å²) in [5.74, 6) is 0. The van der Waals surface area contributed by atoms with Gasteiger partial charge in [-0.05, 0) is 0 Å². The van der Waals surface area contributed by atoms with Crippen LogP contribution in [0.4, 0.5) is 13.2 Å². The third kappa shape index (κ3) is 4.91. The molecule has 0 radical (unpaired) electrons. The van der Waals surface area contributed by atoms with Gasteiger partial charge in [-0.15, -0.1) is 0 Å². The molecule has 0 amide bonds. The van der Waals surface area contributed by atoms with Crippen molar-refractivity contribution in [1.29, 1.82) is 0 Å². The molecule has 0 aliphatic heterocycles. The molecule has 0 aromatic carbocycles. The van der Waals surface area contributed by atoms with Gasteiger partial charge in [0.2, 0.25) is 0 Å². The number of hydrogen-bond acceptors (Lipinski definition) is 3. The molecule has 28 heavy (non-hydrogen) atoms. The van der Waals surface area contributed by atoms with E-state index in [1.807, 2.05) is 0 Å². The van der Waals surface area contributed by atoms with Gasteiger partial charge in [-0.25, -0.2) is 0 Å². The van der Waals surface area contributed by atoms with Crippen LogP contribution in [0.3, 0.4) is 0 Å². The van der Waals surface area contributed by atoms with E-state index in [2.05, 4.69) is 0 Å². The Balaban J connectivity index is 1.95. The summed E-state index contributed by atoms with van der Waals surface area (Å²) in [5.41, 5.74) is -4.04. The zero-order valence-corrected chi connectivity index (χ0v) is 18.6. The maximum absolute atomic E-state index is 13.0. The van der Waals surface area contributed by atoms with Crippen LogP contribution in [-0.4, -0.2) is 38.1 Å². The molecule has 3 aliphatic carbocycles. The fourth-order valence-corrected chi connectivity index (χ4v) is 15.2. The third-order valence-electron chi connectivity index (χ3n) is 7.84. The molecule has 0 aromatic heterocycles. The van der Waals surface area contributed by atoms with Crippen LogP contribution in [-0.2, 0) is 14.2 Å². The quantitative estimate of drug-likeness (QED) is 0.294. The second-order valence-corrected chi connectivity index (χ2v) is 15.8. The van der Waals surface area contributed by atoms with Crippen LogP contribution in [0.25, 0.3) is 0 Å². The van der Waals surface area contributed by atoms with E-state index in [1.54, 1.807) is 0 Å². The van der Waals surface area contributed by atoms with Gasteiger partial charge in [0.15, 0.2) is 0 Å². The fraction of sp³-hybridized carbons (Fsp3) is 1.00. The zero-order valence-electron chi connectivity index (χ0n) is 16.8. The second kappa shape index (κ2) is 9.55. The first-order valence-electron chi connectivity index (χ1n) is 11.2. The molecular weight excluding hydrogens is 407 g/mol. The Labute approximate surface area is 169 Å². The number of hydrogen-bond donors (Lipinski definition) is 0. The van der Waals surface area contributed by atoms with Crippen molar-refractivity contribution in [3.05, 3.63) is 0 Å². The molecule has 3 aliphatic rings. The summed E-state index contributed by atoms with van der Waals surface area (Å²) in [5, 5.41) is 0. The molecular formula is C19H35BF3O3PS. The van der Waals surface area contributed by atoms with Crippen LogP contribution < -0.4 is 0 Å².